The molecule has 1 rings (SSSR count). The Labute approximate surface area is 83.9 Å². The van der Waals surface area contributed by atoms with Crippen molar-refractivity contribution in [3.8, 4) is 0 Å². The van der Waals surface area contributed by atoms with E-state index in [1.54, 1.807) is 6.08 Å². The second-order valence-electron chi connectivity index (χ2n) is 3.06. The number of rotatable bonds is 5. The van der Waals surface area contributed by atoms with Gasteiger partial charge in [0.1, 0.15) is 6.29 Å². The summed E-state index contributed by atoms with van der Waals surface area (Å²) in [6.45, 7) is 0.229. The zero-order chi connectivity index (χ0) is 10.2. The van der Waals surface area contributed by atoms with E-state index in [2.05, 4.69) is 0 Å². The molecule has 0 saturated carbocycles. The van der Waals surface area contributed by atoms with Crippen molar-refractivity contribution in [1.29, 1.82) is 0 Å². The van der Waals surface area contributed by atoms with Crippen molar-refractivity contribution in [2.24, 2.45) is 0 Å². The molecule has 0 aromatic heterocycles. The Morgan fingerprint density at radius 1 is 1.21 bits per heavy atom. The highest BCUT2D eigenvalue weighted by atomic mass is 16.2. The Kier molecular flexibility index (Phi) is 4.65. The Morgan fingerprint density at radius 2 is 1.93 bits per heavy atom. The Morgan fingerprint density at radius 3 is 2.50 bits per heavy atom. The highest BCUT2D eigenvalue weighted by Crippen LogP contribution is 2.07. The van der Waals surface area contributed by atoms with Crippen LogP contribution in [-0.4, -0.2) is 18.0 Å². The minimum Gasteiger partial charge on any atom is -0.396 e. The molecular weight excluding hydrogens is 176 g/mol. The predicted molar refractivity (Wildman–Crippen MR) is 56.9 cm³/mol. The SMILES string of the molecule is O=C/C=C/c1ccc(CCCO)cc1. The van der Waals surface area contributed by atoms with Crippen LogP contribution in [0, 0.1) is 0 Å². The molecule has 0 bridgehead atoms. The molecule has 0 unspecified atom stereocenters. The Bertz CT molecular complexity index is 299. The van der Waals surface area contributed by atoms with Gasteiger partial charge in [-0.1, -0.05) is 30.3 Å². The lowest BCUT2D eigenvalue weighted by Crippen LogP contribution is -1.88. The number of benzene rings is 1. The summed E-state index contributed by atoms with van der Waals surface area (Å²) in [4.78, 5) is 10.1. The molecule has 0 amide bonds. The fourth-order valence-electron chi connectivity index (χ4n) is 1.23. The van der Waals surface area contributed by atoms with Gasteiger partial charge in [-0.25, -0.2) is 0 Å². The monoisotopic (exact) mass is 190 g/mol. The molecule has 0 aliphatic rings. The van der Waals surface area contributed by atoms with Crippen LogP contribution < -0.4 is 0 Å². The Hall–Kier alpha value is -1.41. The van der Waals surface area contributed by atoms with Gasteiger partial charge in [0.25, 0.3) is 0 Å². The zero-order valence-electron chi connectivity index (χ0n) is 8.02. The molecule has 74 valence electrons. The molecule has 0 spiro atoms. The third-order valence-electron chi connectivity index (χ3n) is 1.97. The van der Waals surface area contributed by atoms with Crippen molar-refractivity contribution in [1.82, 2.24) is 0 Å². The van der Waals surface area contributed by atoms with E-state index >= 15 is 0 Å². The molecule has 2 nitrogen and oxygen atoms in total. The van der Waals surface area contributed by atoms with Gasteiger partial charge >= 0.3 is 0 Å². The molecule has 0 radical (unpaired) electrons. The summed E-state index contributed by atoms with van der Waals surface area (Å²) < 4.78 is 0. The van der Waals surface area contributed by atoms with Crippen LogP contribution in [0.3, 0.4) is 0 Å². The molecule has 0 heterocycles. The van der Waals surface area contributed by atoms with Crippen molar-refractivity contribution in [2.75, 3.05) is 6.61 Å². The first-order valence-corrected chi connectivity index (χ1v) is 4.68. The van der Waals surface area contributed by atoms with Gasteiger partial charge in [0, 0.05) is 6.61 Å². The van der Waals surface area contributed by atoms with Gasteiger partial charge in [-0.2, -0.15) is 0 Å². The van der Waals surface area contributed by atoms with Crippen molar-refractivity contribution < 1.29 is 9.90 Å². The largest absolute Gasteiger partial charge is 0.396 e. The first kappa shape index (κ1) is 10.7. The minimum atomic E-state index is 0.229. The van der Waals surface area contributed by atoms with Crippen molar-refractivity contribution in [3.05, 3.63) is 41.5 Å². The molecule has 0 aliphatic heterocycles. The maximum atomic E-state index is 10.1. The predicted octanol–water partition coefficient (Wildman–Crippen LogP) is 1.82. The topological polar surface area (TPSA) is 37.3 Å². The smallest absolute Gasteiger partial charge is 0.142 e. The van der Waals surface area contributed by atoms with Gasteiger partial charge in [-0.3, -0.25) is 4.79 Å². The quantitative estimate of drug-likeness (QED) is 0.568. The lowest BCUT2D eigenvalue weighted by Gasteiger charge is -1.99. The minimum absolute atomic E-state index is 0.229. The van der Waals surface area contributed by atoms with Gasteiger partial charge in [-0.05, 0) is 30.0 Å². The second-order valence-corrected chi connectivity index (χ2v) is 3.06. The second kappa shape index (κ2) is 6.11. The first-order valence-electron chi connectivity index (χ1n) is 4.68. The normalized spacial score (nSPS) is 10.6. The number of carbonyl (C=O) groups is 1. The van der Waals surface area contributed by atoms with E-state index in [9.17, 15) is 4.79 Å². The van der Waals surface area contributed by atoms with Crippen molar-refractivity contribution in [3.63, 3.8) is 0 Å². The Balaban J connectivity index is 2.59. The van der Waals surface area contributed by atoms with Gasteiger partial charge in [0.15, 0.2) is 0 Å². The standard InChI is InChI=1S/C12H14O2/c13-9-1-3-11-5-7-12(8-6-11)4-2-10-14/h1,3,5-9,14H,2,4,10H2/b3-1+. The van der Waals surface area contributed by atoms with E-state index in [-0.39, 0.29) is 6.61 Å². The molecule has 0 saturated heterocycles. The van der Waals surface area contributed by atoms with E-state index in [0.29, 0.717) is 0 Å². The lowest BCUT2D eigenvalue weighted by atomic mass is 10.1. The highest BCUT2D eigenvalue weighted by Gasteiger charge is 1.92. The molecular formula is C12H14O2. The van der Waals surface area contributed by atoms with Crippen LogP contribution in [0.4, 0.5) is 0 Å². The summed E-state index contributed by atoms with van der Waals surface area (Å²) in [5.74, 6) is 0. The van der Waals surface area contributed by atoms with Gasteiger partial charge in [-0.15, -0.1) is 0 Å². The van der Waals surface area contributed by atoms with Crippen LogP contribution in [0.15, 0.2) is 30.3 Å². The molecule has 0 fully saturated rings. The summed E-state index contributed by atoms with van der Waals surface area (Å²) in [7, 11) is 0. The average molecular weight is 190 g/mol. The summed E-state index contributed by atoms with van der Waals surface area (Å²) in [6.07, 6.45) is 5.70. The summed E-state index contributed by atoms with van der Waals surface area (Å²) >= 11 is 0. The molecule has 1 aromatic rings. The van der Waals surface area contributed by atoms with Crippen LogP contribution in [0.25, 0.3) is 6.08 Å². The average Bonchev–Trinajstić information content (AvgIpc) is 2.25. The van der Waals surface area contributed by atoms with Gasteiger partial charge in [0.2, 0.25) is 0 Å². The van der Waals surface area contributed by atoms with E-state index in [1.807, 2.05) is 24.3 Å². The van der Waals surface area contributed by atoms with Crippen LogP contribution >= 0.6 is 0 Å². The van der Waals surface area contributed by atoms with Crippen molar-refractivity contribution >= 4 is 12.4 Å². The zero-order valence-corrected chi connectivity index (χ0v) is 8.02. The fraction of sp³-hybridized carbons (Fsp3) is 0.250. The third kappa shape index (κ3) is 3.54. The maximum Gasteiger partial charge on any atom is 0.142 e. The first-order chi connectivity index (χ1) is 6.86. The highest BCUT2D eigenvalue weighted by molar-refractivity contribution is 5.73. The molecule has 0 atom stereocenters. The van der Waals surface area contributed by atoms with E-state index in [0.717, 1.165) is 24.7 Å². The van der Waals surface area contributed by atoms with E-state index in [1.165, 1.54) is 11.6 Å². The van der Waals surface area contributed by atoms with Crippen LogP contribution in [0.1, 0.15) is 17.5 Å². The van der Waals surface area contributed by atoms with Gasteiger partial charge in [0.05, 0.1) is 0 Å². The maximum absolute atomic E-state index is 10.1. The molecule has 1 aromatic carbocycles. The van der Waals surface area contributed by atoms with Crippen LogP contribution in [-0.2, 0) is 11.2 Å². The molecule has 14 heavy (non-hydrogen) atoms. The number of aldehydes is 1. The summed E-state index contributed by atoms with van der Waals surface area (Å²) in [6, 6.07) is 7.96. The number of aliphatic hydroxyl groups excluding tert-OH is 1. The number of allylic oxidation sites excluding steroid dienone is 1. The van der Waals surface area contributed by atoms with Crippen molar-refractivity contribution in [2.45, 2.75) is 12.8 Å². The fourth-order valence-corrected chi connectivity index (χ4v) is 1.23. The lowest BCUT2D eigenvalue weighted by molar-refractivity contribution is -0.104. The molecule has 2 heteroatoms. The number of hydrogen-bond acceptors (Lipinski definition) is 2. The van der Waals surface area contributed by atoms with E-state index in [4.69, 9.17) is 5.11 Å². The summed E-state index contributed by atoms with van der Waals surface area (Å²) in [5, 5.41) is 8.65. The third-order valence-corrected chi connectivity index (χ3v) is 1.97. The van der Waals surface area contributed by atoms with Gasteiger partial charge < -0.3 is 5.11 Å². The number of aryl methyl sites for hydroxylation is 1. The number of hydrogen-bond donors (Lipinski definition) is 1. The van der Waals surface area contributed by atoms with Crippen LogP contribution in [0.5, 0.6) is 0 Å². The molecule has 0 aliphatic carbocycles. The van der Waals surface area contributed by atoms with E-state index < -0.39 is 0 Å². The number of aliphatic hydroxyl groups is 1. The summed E-state index contributed by atoms with van der Waals surface area (Å²) in [5.41, 5.74) is 2.23. The van der Waals surface area contributed by atoms with Crippen LogP contribution in [0.2, 0.25) is 0 Å². The molecule has 1 N–H and O–H groups in total. The number of carbonyl (C=O) groups excluding carboxylic acids is 1.